The standard InChI is InChI=1S/C14H13Cl2NO3/c1-3-17-7-8(14(19)20-4-2)13(18)11-9(15)5-6-10(16)12(11)17/h5-7H,3-4H2,1-2H3. The molecule has 1 heterocycles. The van der Waals surface area contributed by atoms with Crippen LogP contribution in [0.3, 0.4) is 0 Å². The van der Waals surface area contributed by atoms with Crippen LogP contribution in [0.15, 0.2) is 23.1 Å². The fraction of sp³-hybridized carbons (Fsp3) is 0.286. The minimum Gasteiger partial charge on any atom is -0.462 e. The average Bonchev–Trinajstić information content (AvgIpc) is 2.43. The molecular weight excluding hydrogens is 301 g/mol. The number of esters is 1. The molecule has 0 N–H and O–H groups in total. The van der Waals surface area contributed by atoms with Crippen LogP contribution in [0.5, 0.6) is 0 Å². The van der Waals surface area contributed by atoms with Crippen LogP contribution in [0.25, 0.3) is 10.9 Å². The van der Waals surface area contributed by atoms with Crippen LogP contribution >= 0.6 is 23.2 Å². The highest BCUT2D eigenvalue weighted by Crippen LogP contribution is 2.28. The van der Waals surface area contributed by atoms with Crippen LogP contribution in [0.4, 0.5) is 0 Å². The zero-order chi connectivity index (χ0) is 14.9. The number of pyridine rings is 1. The number of fused-ring (bicyclic) bond motifs is 1. The summed E-state index contributed by atoms with van der Waals surface area (Å²) >= 11 is 12.2. The van der Waals surface area contributed by atoms with Crippen molar-refractivity contribution in [2.45, 2.75) is 20.4 Å². The summed E-state index contributed by atoms with van der Waals surface area (Å²) in [6, 6.07) is 3.17. The molecule has 1 aromatic carbocycles. The Bertz CT molecular complexity index is 737. The number of nitrogens with zero attached hydrogens (tertiary/aromatic N) is 1. The molecule has 0 amide bonds. The summed E-state index contributed by atoms with van der Waals surface area (Å²) < 4.78 is 6.62. The highest BCUT2D eigenvalue weighted by atomic mass is 35.5. The van der Waals surface area contributed by atoms with Gasteiger partial charge in [0.1, 0.15) is 5.56 Å². The molecule has 0 radical (unpaired) electrons. The van der Waals surface area contributed by atoms with E-state index < -0.39 is 11.4 Å². The second-order valence-corrected chi connectivity index (χ2v) is 4.95. The Balaban J connectivity index is 2.89. The van der Waals surface area contributed by atoms with Gasteiger partial charge in [0.05, 0.1) is 27.6 Å². The largest absolute Gasteiger partial charge is 0.462 e. The van der Waals surface area contributed by atoms with Gasteiger partial charge >= 0.3 is 5.97 Å². The first kappa shape index (κ1) is 14.9. The molecule has 1 aromatic heterocycles. The summed E-state index contributed by atoms with van der Waals surface area (Å²) in [7, 11) is 0. The van der Waals surface area contributed by atoms with Crippen LogP contribution in [-0.4, -0.2) is 17.1 Å². The third-order valence-electron chi connectivity index (χ3n) is 2.96. The molecule has 106 valence electrons. The molecule has 0 spiro atoms. The third kappa shape index (κ3) is 2.41. The summed E-state index contributed by atoms with van der Waals surface area (Å²) in [4.78, 5) is 24.3. The van der Waals surface area contributed by atoms with E-state index in [-0.39, 0.29) is 22.6 Å². The van der Waals surface area contributed by atoms with Gasteiger partial charge in [-0.2, -0.15) is 0 Å². The van der Waals surface area contributed by atoms with Crippen molar-refractivity contribution in [1.82, 2.24) is 4.57 Å². The van der Waals surface area contributed by atoms with E-state index in [9.17, 15) is 9.59 Å². The zero-order valence-corrected chi connectivity index (χ0v) is 12.6. The van der Waals surface area contributed by atoms with Gasteiger partial charge < -0.3 is 9.30 Å². The number of carbonyl (C=O) groups is 1. The highest BCUT2D eigenvalue weighted by molar-refractivity contribution is 6.40. The molecule has 0 bridgehead atoms. The van der Waals surface area contributed by atoms with Gasteiger partial charge in [0.2, 0.25) is 5.43 Å². The van der Waals surface area contributed by atoms with Crippen molar-refractivity contribution in [2.75, 3.05) is 6.61 Å². The number of rotatable bonds is 3. The third-order valence-corrected chi connectivity index (χ3v) is 3.58. The predicted octanol–water partition coefficient (Wildman–Crippen LogP) is 3.50. The van der Waals surface area contributed by atoms with Crippen molar-refractivity contribution in [3.63, 3.8) is 0 Å². The Morgan fingerprint density at radius 2 is 1.90 bits per heavy atom. The molecule has 0 aliphatic rings. The molecule has 0 fully saturated rings. The van der Waals surface area contributed by atoms with E-state index in [1.807, 2.05) is 6.92 Å². The molecular formula is C14H13Cl2NO3. The van der Waals surface area contributed by atoms with E-state index in [1.54, 1.807) is 23.6 Å². The van der Waals surface area contributed by atoms with E-state index in [0.717, 1.165) is 0 Å². The van der Waals surface area contributed by atoms with Crippen LogP contribution in [0, 0.1) is 0 Å². The number of ether oxygens (including phenoxy) is 1. The monoisotopic (exact) mass is 313 g/mol. The maximum atomic E-state index is 12.4. The number of benzene rings is 1. The molecule has 0 aliphatic heterocycles. The summed E-state index contributed by atoms with van der Waals surface area (Å²) in [6.45, 7) is 4.31. The van der Waals surface area contributed by atoms with E-state index in [2.05, 4.69) is 0 Å². The van der Waals surface area contributed by atoms with Gasteiger partial charge in [-0.25, -0.2) is 4.79 Å². The second-order valence-electron chi connectivity index (χ2n) is 4.13. The van der Waals surface area contributed by atoms with Gasteiger partial charge in [0.15, 0.2) is 0 Å². The number of halogens is 2. The summed E-state index contributed by atoms with van der Waals surface area (Å²) in [5, 5.41) is 0.924. The lowest BCUT2D eigenvalue weighted by Gasteiger charge is -2.13. The van der Waals surface area contributed by atoms with E-state index in [4.69, 9.17) is 27.9 Å². The lowest BCUT2D eigenvalue weighted by molar-refractivity contribution is 0.0524. The summed E-state index contributed by atoms with van der Waals surface area (Å²) in [5.74, 6) is -0.655. The van der Waals surface area contributed by atoms with Crippen LogP contribution in [0.2, 0.25) is 10.0 Å². The van der Waals surface area contributed by atoms with Crippen molar-refractivity contribution in [2.24, 2.45) is 0 Å². The number of hydrogen-bond donors (Lipinski definition) is 0. The van der Waals surface area contributed by atoms with E-state index in [0.29, 0.717) is 17.1 Å². The number of carbonyl (C=O) groups excluding carboxylic acids is 1. The van der Waals surface area contributed by atoms with Gasteiger partial charge in [0, 0.05) is 12.7 Å². The Kier molecular flexibility index (Phi) is 4.35. The smallest absolute Gasteiger partial charge is 0.343 e. The average molecular weight is 314 g/mol. The zero-order valence-electron chi connectivity index (χ0n) is 11.1. The summed E-state index contributed by atoms with van der Waals surface area (Å²) in [6.07, 6.45) is 1.46. The fourth-order valence-corrected chi connectivity index (χ4v) is 2.56. The first-order valence-electron chi connectivity index (χ1n) is 6.19. The van der Waals surface area contributed by atoms with Gasteiger partial charge in [-0.05, 0) is 26.0 Å². The van der Waals surface area contributed by atoms with Gasteiger partial charge in [-0.3, -0.25) is 4.79 Å². The minimum absolute atomic E-state index is 0.0367. The number of aromatic nitrogens is 1. The fourth-order valence-electron chi connectivity index (χ4n) is 2.06. The van der Waals surface area contributed by atoms with Crippen molar-refractivity contribution in [3.8, 4) is 0 Å². The Hall–Kier alpha value is -1.52. The molecule has 0 unspecified atom stereocenters. The van der Waals surface area contributed by atoms with Crippen molar-refractivity contribution in [3.05, 3.63) is 44.2 Å². The van der Waals surface area contributed by atoms with Crippen LogP contribution in [-0.2, 0) is 11.3 Å². The first-order chi connectivity index (χ1) is 9.51. The molecule has 20 heavy (non-hydrogen) atoms. The summed E-state index contributed by atoms with van der Waals surface area (Å²) in [5.41, 5.74) is 0.0285. The molecule has 6 heteroatoms. The second kappa shape index (κ2) is 5.85. The Morgan fingerprint density at radius 3 is 2.50 bits per heavy atom. The lowest BCUT2D eigenvalue weighted by Crippen LogP contribution is -2.21. The quantitative estimate of drug-likeness (QED) is 0.815. The minimum atomic E-state index is -0.655. The normalized spacial score (nSPS) is 10.8. The van der Waals surface area contributed by atoms with E-state index in [1.165, 1.54) is 6.20 Å². The molecule has 2 aromatic rings. The first-order valence-corrected chi connectivity index (χ1v) is 6.95. The molecule has 0 atom stereocenters. The molecule has 0 saturated heterocycles. The van der Waals surface area contributed by atoms with Gasteiger partial charge in [-0.15, -0.1) is 0 Å². The van der Waals surface area contributed by atoms with Gasteiger partial charge in [0.25, 0.3) is 0 Å². The molecule has 2 rings (SSSR count). The van der Waals surface area contributed by atoms with Crippen LogP contribution in [0.1, 0.15) is 24.2 Å². The SMILES string of the molecule is CCOC(=O)c1cn(CC)c2c(Cl)ccc(Cl)c2c1=O. The molecule has 0 saturated carbocycles. The highest BCUT2D eigenvalue weighted by Gasteiger charge is 2.19. The van der Waals surface area contributed by atoms with Crippen molar-refractivity contribution in [1.29, 1.82) is 0 Å². The van der Waals surface area contributed by atoms with Gasteiger partial charge in [-0.1, -0.05) is 23.2 Å². The maximum absolute atomic E-state index is 12.4. The van der Waals surface area contributed by atoms with Crippen molar-refractivity contribution < 1.29 is 9.53 Å². The van der Waals surface area contributed by atoms with Crippen molar-refractivity contribution >= 4 is 40.1 Å². The number of aryl methyl sites for hydroxylation is 1. The van der Waals surface area contributed by atoms with Crippen LogP contribution < -0.4 is 5.43 Å². The lowest BCUT2D eigenvalue weighted by atomic mass is 10.1. The maximum Gasteiger partial charge on any atom is 0.343 e. The van der Waals surface area contributed by atoms with E-state index >= 15 is 0 Å². The number of hydrogen-bond acceptors (Lipinski definition) is 3. The Morgan fingerprint density at radius 1 is 1.25 bits per heavy atom. The molecule has 4 nitrogen and oxygen atoms in total. The topological polar surface area (TPSA) is 48.3 Å². The predicted molar refractivity (Wildman–Crippen MR) is 79.9 cm³/mol. The Labute approximate surface area is 125 Å². The molecule has 0 aliphatic carbocycles.